The summed E-state index contributed by atoms with van der Waals surface area (Å²) in [6, 6.07) is 5.56. The van der Waals surface area contributed by atoms with Crippen molar-refractivity contribution in [2.75, 3.05) is 40.5 Å². The lowest BCUT2D eigenvalue weighted by Gasteiger charge is -2.26. The predicted molar refractivity (Wildman–Crippen MR) is 81.0 cm³/mol. The van der Waals surface area contributed by atoms with Crippen LogP contribution < -0.4 is 9.47 Å². The lowest BCUT2D eigenvalue weighted by atomic mass is 10.0. The molecule has 0 unspecified atom stereocenters. The number of aliphatic hydroxyl groups is 1. The number of rotatable bonds is 4. The average molecular weight is 306 g/mol. The van der Waals surface area contributed by atoms with Gasteiger partial charge in [0.05, 0.1) is 18.6 Å². The molecule has 120 valence electrons. The number of benzene rings is 1. The second-order valence-corrected chi connectivity index (χ2v) is 6.39. The van der Waals surface area contributed by atoms with Crippen LogP contribution in [0.15, 0.2) is 18.2 Å². The molecule has 0 aliphatic carbocycles. The van der Waals surface area contributed by atoms with E-state index in [9.17, 15) is 9.90 Å². The number of β-amino-alcohol motifs (C(OH)–C–C–N with tert-alkyl or cyclic N) is 1. The third-order valence-corrected chi connectivity index (χ3v) is 4.09. The molecule has 2 heterocycles. The zero-order valence-corrected chi connectivity index (χ0v) is 13.0. The lowest BCUT2D eigenvalue weighted by molar-refractivity contribution is -0.130. The molecular weight excluding hydrogens is 284 g/mol. The second kappa shape index (κ2) is 5.78. The van der Waals surface area contributed by atoms with E-state index in [4.69, 9.17) is 9.47 Å². The number of ether oxygens (including phenoxy) is 2. The number of likely N-dealkylation sites (N-methyl/N-ethyl adjacent to an activating group) is 1. The minimum Gasteiger partial charge on any atom is -0.454 e. The van der Waals surface area contributed by atoms with E-state index >= 15 is 0 Å². The van der Waals surface area contributed by atoms with Crippen LogP contribution in [0.3, 0.4) is 0 Å². The quantitative estimate of drug-likeness (QED) is 0.877. The fraction of sp³-hybridized carbons (Fsp3) is 0.562. The van der Waals surface area contributed by atoms with Gasteiger partial charge in [0.15, 0.2) is 11.5 Å². The first kappa shape index (κ1) is 15.1. The molecule has 0 bridgehead atoms. The topological polar surface area (TPSA) is 62.2 Å². The van der Waals surface area contributed by atoms with Gasteiger partial charge in [-0.15, -0.1) is 0 Å². The lowest BCUT2D eigenvalue weighted by Crippen LogP contribution is -2.43. The second-order valence-electron chi connectivity index (χ2n) is 6.39. The monoisotopic (exact) mass is 306 g/mol. The largest absolute Gasteiger partial charge is 0.454 e. The van der Waals surface area contributed by atoms with Gasteiger partial charge >= 0.3 is 0 Å². The minimum atomic E-state index is -0.798. The number of carbonyl (C=O) groups excluding carboxylic acids is 1. The van der Waals surface area contributed by atoms with E-state index in [1.165, 1.54) is 0 Å². The molecule has 1 saturated heterocycles. The number of likely N-dealkylation sites (tertiary alicyclic amines) is 1. The predicted octanol–water partition coefficient (Wildman–Crippen LogP) is 0.483. The Hall–Kier alpha value is -1.79. The molecule has 0 aromatic heterocycles. The van der Waals surface area contributed by atoms with Crippen LogP contribution in [0.25, 0.3) is 0 Å². The highest BCUT2D eigenvalue weighted by atomic mass is 16.7. The molecule has 6 nitrogen and oxygen atoms in total. The molecule has 2 aliphatic rings. The fourth-order valence-corrected chi connectivity index (χ4v) is 3.12. The first-order chi connectivity index (χ1) is 10.5. The van der Waals surface area contributed by atoms with Crippen LogP contribution in [-0.4, -0.2) is 66.9 Å². The fourth-order valence-electron chi connectivity index (χ4n) is 3.12. The van der Waals surface area contributed by atoms with Gasteiger partial charge in [0.25, 0.3) is 0 Å². The molecule has 1 N–H and O–H groups in total. The van der Waals surface area contributed by atoms with Crippen LogP contribution in [0, 0.1) is 0 Å². The Balaban J connectivity index is 1.61. The molecule has 0 saturated carbocycles. The number of fused-ring (bicyclic) bond motifs is 1. The summed E-state index contributed by atoms with van der Waals surface area (Å²) in [5, 5.41) is 10.5. The van der Waals surface area contributed by atoms with Crippen LogP contribution in [-0.2, 0) is 11.2 Å². The molecule has 6 heteroatoms. The smallest absolute Gasteiger partial charge is 0.231 e. The number of nitrogens with zero attached hydrogens (tertiary/aromatic N) is 2. The summed E-state index contributed by atoms with van der Waals surface area (Å²) in [5.74, 6) is 1.45. The van der Waals surface area contributed by atoms with Crippen LogP contribution >= 0.6 is 0 Å². The van der Waals surface area contributed by atoms with E-state index in [-0.39, 0.29) is 12.7 Å². The summed E-state index contributed by atoms with van der Waals surface area (Å²) in [6.07, 6.45) is 0.937. The first-order valence-electron chi connectivity index (χ1n) is 7.49. The number of hydrogen-bond acceptors (Lipinski definition) is 5. The highest BCUT2D eigenvalue weighted by Crippen LogP contribution is 2.33. The Labute approximate surface area is 130 Å². The summed E-state index contributed by atoms with van der Waals surface area (Å²) in [5.41, 5.74) is 0.103. The van der Waals surface area contributed by atoms with Crippen molar-refractivity contribution in [1.29, 1.82) is 0 Å². The molecule has 1 aromatic rings. The highest BCUT2D eigenvalue weighted by Gasteiger charge is 2.38. The number of amides is 1. The van der Waals surface area contributed by atoms with Crippen molar-refractivity contribution >= 4 is 5.91 Å². The summed E-state index contributed by atoms with van der Waals surface area (Å²) < 4.78 is 10.6. The summed E-state index contributed by atoms with van der Waals surface area (Å²) in [7, 11) is 3.85. The Morgan fingerprint density at radius 3 is 2.91 bits per heavy atom. The van der Waals surface area contributed by atoms with Crippen molar-refractivity contribution in [3.05, 3.63) is 23.8 Å². The van der Waals surface area contributed by atoms with Crippen LogP contribution in [0.2, 0.25) is 0 Å². The minimum absolute atomic E-state index is 0.0357. The van der Waals surface area contributed by atoms with Gasteiger partial charge in [-0.1, -0.05) is 6.07 Å². The Morgan fingerprint density at radius 2 is 2.14 bits per heavy atom. The van der Waals surface area contributed by atoms with E-state index in [0.717, 1.165) is 11.3 Å². The maximum atomic E-state index is 12.4. The SMILES string of the molecule is CN(C)C[C@]1(O)CCN(C(=O)Cc2ccc3c(c2)OCO3)C1. The van der Waals surface area contributed by atoms with Gasteiger partial charge in [0.2, 0.25) is 12.7 Å². The van der Waals surface area contributed by atoms with Crippen LogP contribution in [0.4, 0.5) is 0 Å². The molecular formula is C16H22N2O4. The molecule has 1 aromatic carbocycles. The standard InChI is InChI=1S/C16H22N2O4/c1-17(2)9-16(20)5-6-18(10-16)15(19)8-12-3-4-13-14(7-12)22-11-21-13/h3-4,7,20H,5-6,8-11H2,1-2H3/t16-/m1/s1. The molecule has 1 amide bonds. The van der Waals surface area contributed by atoms with E-state index in [0.29, 0.717) is 38.2 Å². The van der Waals surface area contributed by atoms with Crippen LogP contribution in [0.1, 0.15) is 12.0 Å². The Morgan fingerprint density at radius 1 is 1.36 bits per heavy atom. The maximum absolute atomic E-state index is 12.4. The van der Waals surface area contributed by atoms with Crippen LogP contribution in [0.5, 0.6) is 11.5 Å². The van der Waals surface area contributed by atoms with Gasteiger partial charge in [-0.25, -0.2) is 0 Å². The molecule has 3 rings (SSSR count). The van der Waals surface area contributed by atoms with Gasteiger partial charge < -0.3 is 24.4 Å². The first-order valence-corrected chi connectivity index (χ1v) is 7.49. The normalized spacial score (nSPS) is 23.4. The van der Waals surface area contributed by atoms with Gasteiger partial charge in [0, 0.05) is 13.1 Å². The van der Waals surface area contributed by atoms with Crippen molar-refractivity contribution in [3.63, 3.8) is 0 Å². The summed E-state index contributed by atoms with van der Waals surface area (Å²) >= 11 is 0. The number of hydrogen-bond donors (Lipinski definition) is 1. The summed E-state index contributed by atoms with van der Waals surface area (Å²) in [6.45, 7) is 1.81. The van der Waals surface area contributed by atoms with Gasteiger partial charge in [-0.3, -0.25) is 4.79 Å². The van der Waals surface area contributed by atoms with E-state index in [2.05, 4.69) is 0 Å². The van der Waals surface area contributed by atoms with Crippen molar-refractivity contribution < 1.29 is 19.4 Å². The molecule has 0 spiro atoms. The highest BCUT2D eigenvalue weighted by molar-refractivity contribution is 5.79. The molecule has 0 radical (unpaired) electrons. The average Bonchev–Trinajstić information content (AvgIpc) is 3.04. The Kier molecular flexibility index (Phi) is 3.97. The Bertz CT molecular complexity index is 575. The molecule has 2 aliphatic heterocycles. The number of carbonyl (C=O) groups is 1. The summed E-state index contributed by atoms with van der Waals surface area (Å²) in [4.78, 5) is 16.1. The van der Waals surface area contributed by atoms with Gasteiger partial charge in [-0.05, 0) is 38.2 Å². The van der Waals surface area contributed by atoms with Crippen molar-refractivity contribution in [2.45, 2.75) is 18.4 Å². The van der Waals surface area contributed by atoms with Gasteiger partial charge in [-0.2, -0.15) is 0 Å². The molecule has 1 fully saturated rings. The van der Waals surface area contributed by atoms with Crippen molar-refractivity contribution in [1.82, 2.24) is 9.80 Å². The van der Waals surface area contributed by atoms with Crippen molar-refractivity contribution in [2.24, 2.45) is 0 Å². The van der Waals surface area contributed by atoms with Crippen molar-refractivity contribution in [3.8, 4) is 11.5 Å². The van der Waals surface area contributed by atoms with E-state index in [1.807, 2.05) is 37.2 Å². The zero-order valence-electron chi connectivity index (χ0n) is 13.0. The third kappa shape index (κ3) is 3.18. The van der Waals surface area contributed by atoms with Gasteiger partial charge in [0.1, 0.15) is 0 Å². The zero-order chi connectivity index (χ0) is 15.7. The molecule has 1 atom stereocenters. The maximum Gasteiger partial charge on any atom is 0.231 e. The third-order valence-electron chi connectivity index (χ3n) is 4.09. The van der Waals surface area contributed by atoms with E-state index in [1.54, 1.807) is 4.90 Å². The molecule has 22 heavy (non-hydrogen) atoms. The van der Waals surface area contributed by atoms with E-state index < -0.39 is 5.60 Å².